The van der Waals surface area contributed by atoms with Gasteiger partial charge in [0.25, 0.3) is 5.91 Å². The SMILES string of the molecule is Cc1ccc(C(=O)NC(C)CC(O)c2ccccc2)cn1. The lowest BCUT2D eigenvalue weighted by Gasteiger charge is -2.18. The van der Waals surface area contributed by atoms with Crippen molar-refractivity contribution in [2.75, 3.05) is 0 Å². The van der Waals surface area contributed by atoms with Crippen molar-refractivity contribution in [2.24, 2.45) is 0 Å². The largest absolute Gasteiger partial charge is 0.388 e. The van der Waals surface area contributed by atoms with E-state index in [-0.39, 0.29) is 11.9 Å². The third-order valence-corrected chi connectivity index (χ3v) is 3.31. The zero-order valence-electron chi connectivity index (χ0n) is 12.3. The molecule has 2 unspecified atom stereocenters. The lowest BCUT2D eigenvalue weighted by Crippen LogP contribution is -2.33. The van der Waals surface area contributed by atoms with E-state index in [1.807, 2.05) is 44.2 Å². The number of aliphatic hydroxyl groups excluding tert-OH is 1. The molecule has 0 saturated carbocycles. The fourth-order valence-electron chi connectivity index (χ4n) is 2.11. The number of carbonyl (C=O) groups excluding carboxylic acids is 1. The normalized spacial score (nSPS) is 13.5. The summed E-state index contributed by atoms with van der Waals surface area (Å²) in [5.41, 5.74) is 2.26. The van der Waals surface area contributed by atoms with Crippen LogP contribution in [-0.4, -0.2) is 22.0 Å². The van der Waals surface area contributed by atoms with Crippen LogP contribution in [0.1, 0.15) is 41.1 Å². The number of carbonyl (C=O) groups is 1. The Morgan fingerprint density at radius 3 is 2.57 bits per heavy atom. The van der Waals surface area contributed by atoms with Gasteiger partial charge in [0, 0.05) is 17.9 Å². The Balaban J connectivity index is 1.91. The van der Waals surface area contributed by atoms with Gasteiger partial charge in [-0.25, -0.2) is 0 Å². The lowest BCUT2D eigenvalue weighted by molar-refractivity contribution is 0.0916. The molecule has 0 aliphatic rings. The highest BCUT2D eigenvalue weighted by atomic mass is 16.3. The Morgan fingerprint density at radius 2 is 1.95 bits per heavy atom. The van der Waals surface area contributed by atoms with Crippen molar-refractivity contribution >= 4 is 5.91 Å². The van der Waals surface area contributed by atoms with Crippen LogP contribution in [0.5, 0.6) is 0 Å². The second-order valence-corrected chi connectivity index (χ2v) is 5.22. The smallest absolute Gasteiger partial charge is 0.253 e. The van der Waals surface area contributed by atoms with E-state index in [1.54, 1.807) is 18.3 Å². The maximum Gasteiger partial charge on any atom is 0.253 e. The molecule has 4 heteroatoms. The highest BCUT2D eigenvalue weighted by Gasteiger charge is 2.15. The summed E-state index contributed by atoms with van der Waals surface area (Å²) in [5.74, 6) is -0.171. The van der Waals surface area contributed by atoms with Gasteiger partial charge >= 0.3 is 0 Å². The standard InChI is InChI=1S/C17H20N2O2/c1-12-8-9-15(11-18-12)17(21)19-13(2)10-16(20)14-6-4-3-5-7-14/h3-9,11,13,16,20H,10H2,1-2H3,(H,19,21). The molecular weight excluding hydrogens is 264 g/mol. The van der Waals surface area contributed by atoms with E-state index in [0.29, 0.717) is 12.0 Å². The van der Waals surface area contributed by atoms with Crippen molar-refractivity contribution in [3.63, 3.8) is 0 Å². The highest BCUT2D eigenvalue weighted by Crippen LogP contribution is 2.17. The number of pyridine rings is 1. The van der Waals surface area contributed by atoms with Crippen LogP contribution in [0.25, 0.3) is 0 Å². The molecular formula is C17H20N2O2. The number of rotatable bonds is 5. The van der Waals surface area contributed by atoms with Crippen LogP contribution >= 0.6 is 0 Å². The maximum atomic E-state index is 12.1. The number of amides is 1. The Morgan fingerprint density at radius 1 is 1.24 bits per heavy atom. The molecule has 2 atom stereocenters. The number of aliphatic hydroxyl groups is 1. The van der Waals surface area contributed by atoms with Crippen molar-refractivity contribution in [3.8, 4) is 0 Å². The van der Waals surface area contributed by atoms with Gasteiger partial charge in [0.05, 0.1) is 11.7 Å². The van der Waals surface area contributed by atoms with Gasteiger partial charge in [0.2, 0.25) is 0 Å². The Kier molecular flexibility index (Phi) is 5.06. The van der Waals surface area contributed by atoms with Crippen LogP contribution in [0.4, 0.5) is 0 Å². The first-order chi connectivity index (χ1) is 10.1. The van der Waals surface area contributed by atoms with Crippen LogP contribution in [-0.2, 0) is 0 Å². The predicted octanol–water partition coefficient (Wildman–Crippen LogP) is 2.63. The summed E-state index contributed by atoms with van der Waals surface area (Å²) in [6, 6.07) is 12.9. The number of nitrogens with zero attached hydrogens (tertiary/aromatic N) is 1. The molecule has 0 saturated heterocycles. The van der Waals surface area contributed by atoms with Gasteiger partial charge in [0.15, 0.2) is 0 Å². The molecule has 2 rings (SSSR count). The first-order valence-corrected chi connectivity index (χ1v) is 7.03. The molecule has 1 aromatic heterocycles. The Hall–Kier alpha value is -2.20. The molecule has 0 fully saturated rings. The minimum atomic E-state index is -0.586. The van der Waals surface area contributed by atoms with Crippen molar-refractivity contribution < 1.29 is 9.90 Å². The number of nitrogens with one attached hydrogen (secondary N) is 1. The second kappa shape index (κ2) is 6.99. The summed E-state index contributed by atoms with van der Waals surface area (Å²) >= 11 is 0. The van der Waals surface area contributed by atoms with Crippen LogP contribution in [0.3, 0.4) is 0 Å². The van der Waals surface area contributed by atoms with E-state index in [9.17, 15) is 9.90 Å². The minimum Gasteiger partial charge on any atom is -0.388 e. The third-order valence-electron chi connectivity index (χ3n) is 3.31. The summed E-state index contributed by atoms with van der Waals surface area (Å²) in [7, 11) is 0. The molecule has 0 aliphatic heterocycles. The van der Waals surface area contributed by atoms with Gasteiger partial charge in [-0.2, -0.15) is 0 Å². The summed E-state index contributed by atoms with van der Waals surface area (Å²) in [6.45, 7) is 3.76. The molecule has 0 bridgehead atoms. The van der Waals surface area contributed by atoms with Crippen LogP contribution in [0, 0.1) is 6.92 Å². The Bertz CT molecular complexity index is 581. The van der Waals surface area contributed by atoms with Crippen molar-refractivity contribution in [2.45, 2.75) is 32.4 Å². The van der Waals surface area contributed by atoms with E-state index in [4.69, 9.17) is 0 Å². The summed E-state index contributed by atoms with van der Waals surface area (Å²) in [5, 5.41) is 13.0. The zero-order chi connectivity index (χ0) is 15.2. The van der Waals surface area contributed by atoms with Crippen molar-refractivity contribution in [1.29, 1.82) is 0 Å². The van der Waals surface area contributed by atoms with Gasteiger partial charge in [-0.15, -0.1) is 0 Å². The van der Waals surface area contributed by atoms with E-state index in [1.165, 1.54) is 0 Å². The zero-order valence-corrected chi connectivity index (χ0v) is 12.3. The number of hydrogen-bond donors (Lipinski definition) is 2. The van der Waals surface area contributed by atoms with Crippen molar-refractivity contribution in [3.05, 3.63) is 65.5 Å². The molecule has 2 N–H and O–H groups in total. The van der Waals surface area contributed by atoms with Crippen LogP contribution in [0.15, 0.2) is 48.7 Å². The topological polar surface area (TPSA) is 62.2 Å². The van der Waals surface area contributed by atoms with E-state index >= 15 is 0 Å². The fraction of sp³-hybridized carbons (Fsp3) is 0.294. The van der Waals surface area contributed by atoms with Gasteiger partial charge in [-0.1, -0.05) is 30.3 Å². The lowest BCUT2D eigenvalue weighted by atomic mass is 10.0. The second-order valence-electron chi connectivity index (χ2n) is 5.22. The number of benzene rings is 1. The van der Waals surface area contributed by atoms with E-state index in [0.717, 1.165) is 11.3 Å². The maximum absolute atomic E-state index is 12.1. The highest BCUT2D eigenvalue weighted by molar-refractivity contribution is 5.94. The first kappa shape index (κ1) is 15.2. The molecule has 21 heavy (non-hydrogen) atoms. The van der Waals surface area contributed by atoms with Crippen molar-refractivity contribution in [1.82, 2.24) is 10.3 Å². The van der Waals surface area contributed by atoms with Gasteiger partial charge < -0.3 is 10.4 Å². The molecule has 1 heterocycles. The molecule has 110 valence electrons. The molecule has 4 nitrogen and oxygen atoms in total. The van der Waals surface area contributed by atoms with Crippen LogP contribution < -0.4 is 5.32 Å². The molecule has 2 aromatic rings. The molecule has 1 aromatic carbocycles. The summed E-state index contributed by atoms with van der Waals surface area (Å²) in [6.07, 6.45) is 1.44. The van der Waals surface area contributed by atoms with E-state index < -0.39 is 6.10 Å². The average molecular weight is 284 g/mol. The average Bonchev–Trinajstić information content (AvgIpc) is 2.48. The molecule has 0 radical (unpaired) electrons. The monoisotopic (exact) mass is 284 g/mol. The van der Waals surface area contributed by atoms with Gasteiger partial charge in [0.1, 0.15) is 0 Å². The first-order valence-electron chi connectivity index (χ1n) is 7.03. The minimum absolute atomic E-state index is 0.131. The number of hydrogen-bond acceptors (Lipinski definition) is 3. The summed E-state index contributed by atoms with van der Waals surface area (Å²) < 4.78 is 0. The van der Waals surface area contributed by atoms with Crippen LogP contribution in [0.2, 0.25) is 0 Å². The predicted molar refractivity (Wildman–Crippen MR) is 81.9 cm³/mol. The quantitative estimate of drug-likeness (QED) is 0.887. The van der Waals surface area contributed by atoms with Gasteiger partial charge in [-0.05, 0) is 38.0 Å². The molecule has 0 aliphatic carbocycles. The fourth-order valence-corrected chi connectivity index (χ4v) is 2.11. The number of aromatic nitrogens is 1. The van der Waals surface area contributed by atoms with Gasteiger partial charge in [-0.3, -0.25) is 9.78 Å². The number of aryl methyl sites for hydroxylation is 1. The van der Waals surface area contributed by atoms with E-state index in [2.05, 4.69) is 10.3 Å². The molecule has 0 spiro atoms. The molecule has 1 amide bonds. The Labute approximate surface area is 124 Å². The summed E-state index contributed by atoms with van der Waals surface area (Å²) in [4.78, 5) is 16.2. The third kappa shape index (κ3) is 4.39.